The quantitative estimate of drug-likeness (QED) is 0.706. The molecule has 1 aliphatic rings. The van der Waals surface area contributed by atoms with Crippen LogP contribution in [0.15, 0.2) is 24.3 Å². The summed E-state index contributed by atoms with van der Waals surface area (Å²) in [5.41, 5.74) is 0. The average Bonchev–Trinajstić information content (AvgIpc) is 2.23. The average molecular weight is 203 g/mol. The summed E-state index contributed by atoms with van der Waals surface area (Å²) in [4.78, 5) is 0. The van der Waals surface area contributed by atoms with E-state index in [9.17, 15) is 0 Å². The van der Waals surface area contributed by atoms with Crippen LogP contribution in [0.5, 0.6) is 5.75 Å². The molecule has 1 saturated carbocycles. The van der Waals surface area contributed by atoms with Gasteiger partial charge in [-0.15, -0.1) is 0 Å². The number of rotatable bonds is 2. The summed E-state index contributed by atoms with van der Waals surface area (Å²) in [6, 6.07) is 11.0. The molecule has 1 fully saturated rings. The number of para-hydroxylation sites is 1. The lowest BCUT2D eigenvalue weighted by Crippen LogP contribution is -2.17. The van der Waals surface area contributed by atoms with Crippen molar-refractivity contribution in [2.45, 2.75) is 51.0 Å². The molecule has 0 atom stereocenters. The van der Waals surface area contributed by atoms with Crippen LogP contribution in [0, 0.1) is 6.07 Å². The van der Waals surface area contributed by atoms with Crippen molar-refractivity contribution in [3.8, 4) is 5.75 Å². The Morgan fingerprint density at radius 1 is 1.00 bits per heavy atom. The molecule has 1 nitrogen and oxygen atoms in total. The summed E-state index contributed by atoms with van der Waals surface area (Å²) in [7, 11) is 0. The van der Waals surface area contributed by atoms with Crippen molar-refractivity contribution in [1.29, 1.82) is 0 Å². The minimum Gasteiger partial charge on any atom is -0.490 e. The first kappa shape index (κ1) is 10.5. The molecule has 0 amide bonds. The summed E-state index contributed by atoms with van der Waals surface area (Å²) in [6.07, 6.45) is 9.63. The van der Waals surface area contributed by atoms with Crippen molar-refractivity contribution in [3.05, 3.63) is 30.3 Å². The Hall–Kier alpha value is -0.980. The smallest absolute Gasteiger partial charge is 0.127 e. The molecular weight excluding hydrogens is 184 g/mol. The molecule has 1 aliphatic carbocycles. The maximum absolute atomic E-state index is 5.94. The molecule has 1 aromatic carbocycles. The van der Waals surface area contributed by atoms with Crippen molar-refractivity contribution >= 4 is 0 Å². The predicted molar refractivity (Wildman–Crippen MR) is 62.0 cm³/mol. The molecular formula is C14H19O. The zero-order valence-electron chi connectivity index (χ0n) is 9.24. The second-order valence-corrected chi connectivity index (χ2v) is 4.31. The predicted octanol–water partition coefficient (Wildman–Crippen LogP) is 3.98. The van der Waals surface area contributed by atoms with Gasteiger partial charge in [0.25, 0.3) is 0 Å². The Kier molecular flexibility index (Phi) is 4.07. The van der Waals surface area contributed by atoms with Gasteiger partial charge in [0.15, 0.2) is 0 Å². The fourth-order valence-corrected chi connectivity index (χ4v) is 2.17. The summed E-state index contributed by atoms with van der Waals surface area (Å²) < 4.78 is 5.94. The summed E-state index contributed by atoms with van der Waals surface area (Å²) in [5, 5.41) is 0. The number of hydrogen-bond donors (Lipinski definition) is 0. The van der Waals surface area contributed by atoms with E-state index >= 15 is 0 Å². The monoisotopic (exact) mass is 203 g/mol. The normalized spacial score (nSPS) is 19.2. The van der Waals surface area contributed by atoms with E-state index in [-0.39, 0.29) is 0 Å². The molecule has 0 aromatic heterocycles. The van der Waals surface area contributed by atoms with Gasteiger partial charge in [-0.2, -0.15) is 0 Å². The van der Waals surface area contributed by atoms with E-state index < -0.39 is 0 Å². The molecule has 0 heterocycles. The first-order chi connectivity index (χ1) is 7.45. The van der Waals surface area contributed by atoms with Gasteiger partial charge in [-0.25, -0.2) is 0 Å². The SMILES string of the molecule is [c]1ccccc1OC1CCCCCCC1. The summed E-state index contributed by atoms with van der Waals surface area (Å²) in [5.74, 6) is 0.906. The van der Waals surface area contributed by atoms with Crippen LogP contribution in [0.2, 0.25) is 0 Å². The van der Waals surface area contributed by atoms with Gasteiger partial charge in [-0.1, -0.05) is 37.5 Å². The zero-order chi connectivity index (χ0) is 10.3. The van der Waals surface area contributed by atoms with Gasteiger partial charge >= 0.3 is 0 Å². The molecule has 0 saturated heterocycles. The van der Waals surface area contributed by atoms with Crippen molar-refractivity contribution in [2.24, 2.45) is 0 Å². The molecule has 2 rings (SSSR count). The topological polar surface area (TPSA) is 9.23 Å². The van der Waals surface area contributed by atoms with Crippen LogP contribution in [0.3, 0.4) is 0 Å². The van der Waals surface area contributed by atoms with E-state index in [1.165, 1.54) is 44.9 Å². The van der Waals surface area contributed by atoms with Gasteiger partial charge in [0, 0.05) is 6.07 Å². The van der Waals surface area contributed by atoms with E-state index in [1.807, 2.05) is 24.3 Å². The lowest BCUT2D eigenvalue weighted by molar-refractivity contribution is 0.166. The molecule has 1 radical (unpaired) electrons. The maximum Gasteiger partial charge on any atom is 0.127 e. The van der Waals surface area contributed by atoms with Gasteiger partial charge in [-0.05, 0) is 31.7 Å². The fraction of sp³-hybridized carbons (Fsp3) is 0.571. The highest BCUT2D eigenvalue weighted by atomic mass is 16.5. The minimum absolute atomic E-state index is 0.420. The molecule has 15 heavy (non-hydrogen) atoms. The summed E-state index contributed by atoms with van der Waals surface area (Å²) in [6.45, 7) is 0. The first-order valence-electron chi connectivity index (χ1n) is 6.08. The van der Waals surface area contributed by atoms with E-state index in [0.717, 1.165) is 5.75 Å². The number of ether oxygens (including phenoxy) is 1. The van der Waals surface area contributed by atoms with Crippen LogP contribution >= 0.6 is 0 Å². The van der Waals surface area contributed by atoms with Crippen molar-refractivity contribution in [2.75, 3.05) is 0 Å². The molecule has 1 aromatic rings. The number of hydrogen-bond acceptors (Lipinski definition) is 1. The Bertz CT molecular complexity index is 260. The van der Waals surface area contributed by atoms with Gasteiger partial charge in [0.1, 0.15) is 5.75 Å². The van der Waals surface area contributed by atoms with Crippen molar-refractivity contribution in [3.63, 3.8) is 0 Å². The van der Waals surface area contributed by atoms with Crippen molar-refractivity contribution in [1.82, 2.24) is 0 Å². The highest BCUT2D eigenvalue weighted by Gasteiger charge is 2.12. The van der Waals surface area contributed by atoms with Crippen LogP contribution < -0.4 is 4.74 Å². The molecule has 1 heteroatoms. The third-order valence-electron chi connectivity index (χ3n) is 3.03. The summed E-state index contributed by atoms with van der Waals surface area (Å²) >= 11 is 0. The first-order valence-corrected chi connectivity index (χ1v) is 6.08. The van der Waals surface area contributed by atoms with E-state index in [0.29, 0.717) is 6.10 Å². The largest absolute Gasteiger partial charge is 0.490 e. The molecule has 0 bridgehead atoms. The van der Waals surface area contributed by atoms with Crippen LogP contribution in [0.25, 0.3) is 0 Å². The third kappa shape index (κ3) is 3.58. The molecule has 0 spiro atoms. The minimum atomic E-state index is 0.420. The Morgan fingerprint density at radius 3 is 2.40 bits per heavy atom. The molecule has 0 aliphatic heterocycles. The Balaban J connectivity index is 1.86. The van der Waals surface area contributed by atoms with E-state index in [2.05, 4.69) is 6.07 Å². The van der Waals surface area contributed by atoms with Crippen molar-refractivity contribution < 1.29 is 4.74 Å². The highest BCUT2D eigenvalue weighted by Crippen LogP contribution is 2.21. The Labute approximate surface area is 92.5 Å². The Morgan fingerprint density at radius 2 is 1.73 bits per heavy atom. The van der Waals surface area contributed by atoms with Gasteiger partial charge in [-0.3, -0.25) is 0 Å². The van der Waals surface area contributed by atoms with Gasteiger partial charge in [0.05, 0.1) is 6.10 Å². The molecule has 81 valence electrons. The standard InChI is InChI=1S/C14H19O/c1-2-5-9-13(10-6-3-1)15-14-11-7-4-8-12-14/h4,7-8,11,13H,1-3,5-6,9-10H2. The second kappa shape index (κ2) is 5.79. The van der Waals surface area contributed by atoms with Gasteiger partial charge < -0.3 is 4.74 Å². The molecule has 0 unspecified atom stereocenters. The van der Waals surface area contributed by atoms with Crippen LogP contribution in [0.1, 0.15) is 44.9 Å². The van der Waals surface area contributed by atoms with E-state index in [4.69, 9.17) is 4.74 Å². The number of benzene rings is 1. The maximum atomic E-state index is 5.94. The lowest BCUT2D eigenvalue weighted by atomic mass is 9.98. The second-order valence-electron chi connectivity index (χ2n) is 4.31. The van der Waals surface area contributed by atoms with Crippen LogP contribution in [-0.4, -0.2) is 6.10 Å². The van der Waals surface area contributed by atoms with E-state index in [1.54, 1.807) is 0 Å². The third-order valence-corrected chi connectivity index (χ3v) is 3.03. The zero-order valence-corrected chi connectivity index (χ0v) is 9.24. The molecule has 0 N–H and O–H groups in total. The van der Waals surface area contributed by atoms with Crippen LogP contribution in [0.4, 0.5) is 0 Å². The highest BCUT2D eigenvalue weighted by molar-refractivity contribution is 5.19. The lowest BCUT2D eigenvalue weighted by Gasteiger charge is -2.21. The van der Waals surface area contributed by atoms with Gasteiger partial charge in [0.2, 0.25) is 0 Å². The fourth-order valence-electron chi connectivity index (χ4n) is 2.17. The van der Waals surface area contributed by atoms with Crippen LogP contribution in [-0.2, 0) is 0 Å².